The first-order valence-electron chi connectivity index (χ1n) is 8.28. The molecule has 1 aromatic heterocycles. The lowest BCUT2D eigenvalue weighted by molar-refractivity contribution is -0.121. The van der Waals surface area contributed by atoms with Gasteiger partial charge >= 0.3 is 0 Å². The van der Waals surface area contributed by atoms with E-state index in [1.54, 1.807) is 12.1 Å². The van der Waals surface area contributed by atoms with Crippen LogP contribution in [0.5, 0.6) is 5.75 Å². The van der Waals surface area contributed by atoms with E-state index in [1.807, 2.05) is 55.8 Å². The smallest absolute Gasteiger partial charge is 0.193 e. The van der Waals surface area contributed by atoms with Crippen LogP contribution in [0.15, 0.2) is 42.5 Å². The monoisotopic (exact) mass is 366 g/mol. The van der Waals surface area contributed by atoms with Crippen molar-refractivity contribution in [2.75, 3.05) is 6.61 Å². The lowest BCUT2D eigenvalue weighted by atomic mass is 10.0. The van der Waals surface area contributed by atoms with Crippen molar-refractivity contribution >= 4 is 28.3 Å². The molecule has 1 atom stereocenters. The van der Waals surface area contributed by atoms with E-state index in [0.29, 0.717) is 16.5 Å². The molecule has 132 valence electrons. The molecule has 0 aliphatic rings. The first-order valence-corrected chi connectivity index (χ1v) is 8.66. The number of fused-ring (bicyclic) bond motifs is 1. The molecule has 0 aliphatic heterocycles. The van der Waals surface area contributed by atoms with E-state index in [9.17, 15) is 10.1 Å². The Hall–Kier alpha value is -2.77. The van der Waals surface area contributed by atoms with Crippen LogP contribution in [-0.4, -0.2) is 17.0 Å². The topological polar surface area (TPSA) is 55.0 Å². The molecule has 1 unspecified atom stereocenters. The standard InChI is InChI=1S/C21H19ClN2O2/c1-13-8-16(9-14(2)21(13)22)26-12-20(25)17(11-23)19-10-15-6-4-5-7-18(15)24(19)3/h4-10,17H,12H2,1-3H3. The number of carbonyl (C=O) groups excluding carboxylic acids is 1. The minimum absolute atomic E-state index is 0.166. The van der Waals surface area contributed by atoms with Crippen LogP contribution in [0.25, 0.3) is 10.9 Å². The summed E-state index contributed by atoms with van der Waals surface area (Å²) in [5.41, 5.74) is 3.44. The Labute approximate surface area is 157 Å². The molecule has 3 aromatic rings. The molecular weight excluding hydrogens is 348 g/mol. The quantitative estimate of drug-likeness (QED) is 0.657. The highest BCUT2D eigenvalue weighted by atomic mass is 35.5. The van der Waals surface area contributed by atoms with E-state index in [-0.39, 0.29) is 12.4 Å². The van der Waals surface area contributed by atoms with Crippen LogP contribution in [0.2, 0.25) is 5.02 Å². The van der Waals surface area contributed by atoms with Crippen LogP contribution >= 0.6 is 11.6 Å². The Bertz CT molecular complexity index is 1010. The molecule has 3 rings (SSSR count). The number of hydrogen-bond donors (Lipinski definition) is 0. The molecule has 0 N–H and O–H groups in total. The zero-order chi connectivity index (χ0) is 18.8. The summed E-state index contributed by atoms with van der Waals surface area (Å²) in [6.45, 7) is 3.61. The zero-order valence-electron chi connectivity index (χ0n) is 14.9. The van der Waals surface area contributed by atoms with Crippen molar-refractivity contribution in [1.29, 1.82) is 5.26 Å². The van der Waals surface area contributed by atoms with Crippen LogP contribution in [0.3, 0.4) is 0 Å². The van der Waals surface area contributed by atoms with Gasteiger partial charge in [-0.25, -0.2) is 0 Å². The number of ketones is 1. The van der Waals surface area contributed by atoms with E-state index >= 15 is 0 Å². The molecule has 0 bridgehead atoms. The van der Waals surface area contributed by atoms with Gasteiger partial charge in [-0.2, -0.15) is 5.26 Å². The van der Waals surface area contributed by atoms with Gasteiger partial charge in [0.2, 0.25) is 0 Å². The van der Waals surface area contributed by atoms with Gasteiger partial charge in [-0.05, 0) is 54.6 Å². The summed E-state index contributed by atoms with van der Waals surface area (Å²) in [6.07, 6.45) is 0. The van der Waals surface area contributed by atoms with Gasteiger partial charge in [0.05, 0.1) is 6.07 Å². The zero-order valence-corrected chi connectivity index (χ0v) is 15.7. The number of halogens is 1. The predicted octanol–water partition coefficient (Wildman–Crippen LogP) is 4.70. The Balaban J connectivity index is 1.81. The number of aromatic nitrogens is 1. The fourth-order valence-corrected chi connectivity index (χ4v) is 3.23. The molecule has 0 saturated carbocycles. The number of nitriles is 1. The molecule has 0 fully saturated rings. The van der Waals surface area contributed by atoms with E-state index in [2.05, 4.69) is 6.07 Å². The third kappa shape index (κ3) is 3.31. The molecule has 0 aliphatic carbocycles. The Kier molecular flexibility index (Phi) is 5.01. The number of Topliss-reactive ketones (excluding diaryl/α,β-unsaturated/α-hetero) is 1. The van der Waals surface area contributed by atoms with Crippen molar-refractivity contribution in [3.05, 3.63) is 64.3 Å². The number of carbonyl (C=O) groups is 1. The molecule has 0 radical (unpaired) electrons. The lowest BCUT2D eigenvalue weighted by Gasteiger charge is -2.13. The third-order valence-corrected chi connectivity index (χ3v) is 5.12. The van der Waals surface area contributed by atoms with E-state index in [4.69, 9.17) is 16.3 Å². The summed E-state index contributed by atoms with van der Waals surface area (Å²) < 4.78 is 7.52. The lowest BCUT2D eigenvalue weighted by Crippen LogP contribution is -2.20. The Morgan fingerprint density at radius 1 is 1.23 bits per heavy atom. The first kappa shape index (κ1) is 18.0. The summed E-state index contributed by atoms with van der Waals surface area (Å²) in [5, 5.41) is 11.3. The minimum atomic E-state index is -0.873. The van der Waals surface area contributed by atoms with E-state index in [0.717, 1.165) is 22.0 Å². The molecular formula is C21H19ClN2O2. The van der Waals surface area contributed by atoms with Gasteiger partial charge in [-0.1, -0.05) is 29.8 Å². The van der Waals surface area contributed by atoms with Gasteiger partial charge in [-0.3, -0.25) is 4.79 Å². The number of nitrogens with zero attached hydrogens (tertiary/aromatic N) is 2. The molecule has 2 aromatic carbocycles. The molecule has 4 nitrogen and oxygen atoms in total. The molecule has 1 heterocycles. The van der Waals surface area contributed by atoms with Gasteiger partial charge in [-0.15, -0.1) is 0 Å². The fraction of sp³-hybridized carbons (Fsp3) is 0.238. The van der Waals surface area contributed by atoms with Crippen LogP contribution in [-0.2, 0) is 11.8 Å². The minimum Gasteiger partial charge on any atom is -0.486 e. The van der Waals surface area contributed by atoms with E-state index in [1.165, 1.54) is 0 Å². The van der Waals surface area contributed by atoms with Crippen LogP contribution in [0.4, 0.5) is 0 Å². The van der Waals surface area contributed by atoms with Gasteiger partial charge in [0.25, 0.3) is 0 Å². The van der Waals surface area contributed by atoms with Crippen molar-refractivity contribution in [1.82, 2.24) is 4.57 Å². The number of aryl methyl sites for hydroxylation is 3. The third-order valence-electron chi connectivity index (χ3n) is 4.53. The molecule has 0 amide bonds. The molecule has 0 spiro atoms. The highest BCUT2D eigenvalue weighted by Gasteiger charge is 2.24. The normalized spacial score (nSPS) is 12.0. The second-order valence-corrected chi connectivity index (χ2v) is 6.75. The van der Waals surface area contributed by atoms with Gasteiger partial charge in [0.1, 0.15) is 18.3 Å². The SMILES string of the molecule is Cc1cc(OCC(=O)C(C#N)c2cc3ccccc3n2C)cc(C)c1Cl. The maximum atomic E-state index is 12.6. The fourth-order valence-electron chi connectivity index (χ4n) is 3.12. The van der Waals surface area contributed by atoms with Crippen molar-refractivity contribution in [3.63, 3.8) is 0 Å². The van der Waals surface area contributed by atoms with Crippen molar-refractivity contribution in [2.24, 2.45) is 7.05 Å². The Morgan fingerprint density at radius 2 is 1.88 bits per heavy atom. The Morgan fingerprint density at radius 3 is 2.50 bits per heavy atom. The van der Waals surface area contributed by atoms with Gasteiger partial charge in [0.15, 0.2) is 5.78 Å². The summed E-state index contributed by atoms with van der Waals surface area (Å²) in [7, 11) is 1.86. The second-order valence-electron chi connectivity index (χ2n) is 6.38. The number of para-hydroxylation sites is 1. The average Bonchev–Trinajstić information content (AvgIpc) is 2.95. The number of hydrogen-bond acceptors (Lipinski definition) is 3. The summed E-state index contributed by atoms with van der Waals surface area (Å²) >= 11 is 6.15. The van der Waals surface area contributed by atoms with Crippen LogP contribution in [0.1, 0.15) is 22.7 Å². The van der Waals surface area contributed by atoms with Gasteiger partial charge < -0.3 is 9.30 Å². The maximum Gasteiger partial charge on any atom is 0.193 e. The molecule has 0 saturated heterocycles. The number of ether oxygens (including phenoxy) is 1. The highest BCUT2D eigenvalue weighted by Crippen LogP contribution is 2.27. The van der Waals surface area contributed by atoms with Crippen LogP contribution in [0, 0.1) is 25.2 Å². The maximum absolute atomic E-state index is 12.6. The van der Waals surface area contributed by atoms with Crippen LogP contribution < -0.4 is 4.74 Å². The average molecular weight is 367 g/mol. The van der Waals surface area contributed by atoms with Gasteiger partial charge in [0, 0.05) is 23.3 Å². The highest BCUT2D eigenvalue weighted by molar-refractivity contribution is 6.32. The van der Waals surface area contributed by atoms with E-state index < -0.39 is 5.92 Å². The summed E-state index contributed by atoms with van der Waals surface area (Å²) in [6, 6.07) is 15.4. The van der Waals surface area contributed by atoms with Crippen molar-refractivity contribution in [3.8, 4) is 11.8 Å². The number of benzene rings is 2. The van der Waals surface area contributed by atoms with Crippen molar-refractivity contribution < 1.29 is 9.53 Å². The summed E-state index contributed by atoms with van der Waals surface area (Å²) in [4.78, 5) is 12.6. The summed E-state index contributed by atoms with van der Waals surface area (Å²) in [5.74, 6) is -0.572. The molecule has 26 heavy (non-hydrogen) atoms. The molecule has 5 heteroatoms. The largest absolute Gasteiger partial charge is 0.486 e. The second kappa shape index (κ2) is 7.23. The first-order chi connectivity index (χ1) is 12.4. The van der Waals surface area contributed by atoms with Crippen molar-refractivity contribution in [2.45, 2.75) is 19.8 Å². The number of rotatable bonds is 5. The predicted molar refractivity (Wildman–Crippen MR) is 103 cm³/mol.